The Morgan fingerprint density at radius 1 is 1.20 bits per heavy atom. The molecule has 0 aliphatic heterocycles. The number of aryl methyl sites for hydroxylation is 1. The van der Waals surface area contributed by atoms with Crippen LogP contribution in [0.1, 0.15) is 24.3 Å². The number of hydrogen-bond donors (Lipinski definition) is 1. The monoisotopic (exact) mass is 444 g/mol. The summed E-state index contributed by atoms with van der Waals surface area (Å²) in [6.07, 6.45) is 1.38. The van der Waals surface area contributed by atoms with Crippen molar-refractivity contribution >= 4 is 54.3 Å². The molecule has 2 aromatic rings. The van der Waals surface area contributed by atoms with Gasteiger partial charge in [-0.1, -0.05) is 0 Å². The van der Waals surface area contributed by atoms with Crippen molar-refractivity contribution in [3.8, 4) is 0 Å². The summed E-state index contributed by atoms with van der Waals surface area (Å²) in [6.45, 7) is 1.85. The van der Waals surface area contributed by atoms with Gasteiger partial charge in [0.15, 0.2) is 0 Å². The second-order valence-electron chi connectivity index (χ2n) is 4.29. The number of rotatable bonds is 2. The Balaban J connectivity index is 1.93. The fourth-order valence-electron chi connectivity index (χ4n) is 1.92. The van der Waals surface area contributed by atoms with Gasteiger partial charge in [-0.3, -0.25) is 0 Å². The molecule has 1 aliphatic carbocycles. The normalized spacial score (nSPS) is 14.0. The molecule has 1 N–H and O–H groups in total. The Morgan fingerprint density at radius 2 is 1.90 bits per heavy atom. The Kier molecular flexibility index (Phi) is 3.62. The van der Waals surface area contributed by atoms with E-state index in [1.807, 2.05) is 31.2 Å². The van der Waals surface area contributed by atoms with Gasteiger partial charge in [0.05, 0.1) is 0 Å². The van der Waals surface area contributed by atoms with Crippen LogP contribution in [0.4, 0.5) is 5.69 Å². The summed E-state index contributed by atoms with van der Waals surface area (Å²) >= 11 is 2.11. The molecule has 1 aromatic carbocycles. The van der Waals surface area contributed by atoms with E-state index in [-0.39, 0.29) is 26.1 Å². The molecule has 1 heterocycles. The van der Waals surface area contributed by atoms with E-state index in [2.05, 4.69) is 32.9 Å². The van der Waals surface area contributed by atoms with Gasteiger partial charge in [-0.25, -0.2) is 0 Å². The summed E-state index contributed by atoms with van der Waals surface area (Å²) in [7, 11) is 0. The second-order valence-corrected chi connectivity index (χ2v) is 8.06. The van der Waals surface area contributed by atoms with Gasteiger partial charge in [0.1, 0.15) is 0 Å². The quantitative estimate of drug-likeness (QED) is 0.573. The maximum atomic E-state index is 12.3. The molecule has 1 aliphatic rings. The Labute approximate surface area is 135 Å². The molecular formula is C14H9IN2O2Se. The van der Waals surface area contributed by atoms with Crippen molar-refractivity contribution in [3.63, 3.8) is 0 Å². The third-order valence-corrected chi connectivity index (χ3v) is 5.60. The predicted molar refractivity (Wildman–Crippen MR) is 85.4 cm³/mol. The minimum atomic E-state index is -0.197. The molecule has 0 spiro atoms. The fourth-order valence-corrected chi connectivity index (χ4v) is 4.01. The van der Waals surface area contributed by atoms with Crippen molar-refractivity contribution in [1.82, 2.24) is 4.98 Å². The van der Waals surface area contributed by atoms with E-state index in [4.69, 9.17) is 0 Å². The van der Waals surface area contributed by atoms with Gasteiger partial charge in [0.25, 0.3) is 0 Å². The number of benzene rings is 1. The van der Waals surface area contributed by atoms with E-state index in [1.165, 1.54) is 6.08 Å². The summed E-state index contributed by atoms with van der Waals surface area (Å²) in [4.78, 5) is 28.6. The molecule has 0 atom stereocenters. The zero-order valence-electron chi connectivity index (χ0n) is 10.4. The first kappa shape index (κ1) is 13.7. The van der Waals surface area contributed by atoms with Crippen LogP contribution in [0.5, 0.6) is 0 Å². The van der Waals surface area contributed by atoms with Gasteiger partial charge in [0.2, 0.25) is 0 Å². The number of nitrogens with zero attached hydrogens (tertiary/aromatic N) is 1. The molecular weight excluding hydrogens is 434 g/mol. The van der Waals surface area contributed by atoms with E-state index in [9.17, 15) is 9.59 Å². The second kappa shape index (κ2) is 5.27. The third-order valence-electron chi connectivity index (χ3n) is 2.82. The number of nitrogens with one attached hydrogen (secondary N) is 1. The number of fused-ring (bicyclic) bond motifs is 1. The van der Waals surface area contributed by atoms with Crippen molar-refractivity contribution in [1.29, 1.82) is 0 Å². The Bertz CT molecular complexity index is 747. The number of halogens is 1. The molecule has 0 saturated heterocycles. The van der Waals surface area contributed by atoms with Crippen molar-refractivity contribution in [2.24, 2.45) is 0 Å². The van der Waals surface area contributed by atoms with Crippen molar-refractivity contribution in [3.05, 3.63) is 54.3 Å². The number of allylic oxidation sites excluding steroid dienone is 2. The standard InChI is InChI=1S/C14H9IN2O2Se/c1-7-16-12-13(19)10(6-11(18)14(12)20-7)17-9-4-2-8(15)3-5-9/h2-6,17H,1H3. The van der Waals surface area contributed by atoms with Crippen molar-refractivity contribution in [2.45, 2.75) is 6.92 Å². The van der Waals surface area contributed by atoms with E-state index in [1.54, 1.807) is 0 Å². The molecule has 1 aromatic heterocycles. The van der Waals surface area contributed by atoms with E-state index >= 15 is 0 Å². The average Bonchev–Trinajstić information content (AvgIpc) is 2.81. The summed E-state index contributed by atoms with van der Waals surface area (Å²) in [5, 5.41) is 3.01. The molecule has 0 radical (unpaired) electrons. The Hall–Kier alpha value is -1.24. The summed E-state index contributed by atoms with van der Waals surface area (Å²) in [5.74, 6) is -0.301. The molecule has 4 nitrogen and oxygen atoms in total. The number of carbonyl (C=O) groups is 2. The Morgan fingerprint density at radius 3 is 2.60 bits per heavy atom. The van der Waals surface area contributed by atoms with Gasteiger partial charge in [-0.05, 0) is 0 Å². The van der Waals surface area contributed by atoms with Gasteiger partial charge >= 0.3 is 135 Å². The molecule has 0 fully saturated rings. The van der Waals surface area contributed by atoms with Gasteiger partial charge in [-0.2, -0.15) is 0 Å². The van der Waals surface area contributed by atoms with Crippen LogP contribution < -0.4 is 5.32 Å². The number of ketones is 2. The van der Waals surface area contributed by atoms with Gasteiger partial charge < -0.3 is 0 Å². The summed E-state index contributed by atoms with van der Waals surface area (Å²) < 4.78 is 2.55. The summed E-state index contributed by atoms with van der Waals surface area (Å²) in [6, 6.07) is 7.61. The average molecular weight is 443 g/mol. The molecule has 0 amide bonds. The van der Waals surface area contributed by atoms with Crippen molar-refractivity contribution < 1.29 is 9.59 Å². The molecule has 20 heavy (non-hydrogen) atoms. The number of anilines is 1. The fraction of sp³-hybridized carbons (Fsp3) is 0.0714. The van der Waals surface area contributed by atoms with Crippen LogP contribution in [0.3, 0.4) is 0 Å². The van der Waals surface area contributed by atoms with Crippen LogP contribution >= 0.6 is 22.6 Å². The molecule has 0 unspecified atom stereocenters. The summed E-state index contributed by atoms with van der Waals surface area (Å²) in [5.41, 5.74) is 1.40. The SMILES string of the molecule is Cc1nc2c([se]1)C(=O)C=C(Nc1ccc(I)cc1)C2=O. The first-order chi connectivity index (χ1) is 9.54. The van der Waals surface area contributed by atoms with Crippen LogP contribution in [-0.4, -0.2) is 31.1 Å². The van der Waals surface area contributed by atoms with Crippen molar-refractivity contribution in [2.75, 3.05) is 5.32 Å². The first-order valence-corrected chi connectivity index (χ1v) is 8.64. The number of carbonyl (C=O) groups excluding carboxylic acids is 2. The maximum absolute atomic E-state index is 12.3. The van der Waals surface area contributed by atoms with Crippen LogP contribution in [0, 0.1) is 10.5 Å². The first-order valence-electron chi connectivity index (χ1n) is 5.85. The van der Waals surface area contributed by atoms with Gasteiger partial charge in [-0.15, -0.1) is 0 Å². The van der Waals surface area contributed by atoms with Crippen LogP contribution in [0.2, 0.25) is 0 Å². The van der Waals surface area contributed by atoms with Crippen LogP contribution in [0.25, 0.3) is 0 Å². The number of aromatic nitrogens is 1. The zero-order valence-corrected chi connectivity index (χ0v) is 14.3. The molecule has 0 saturated carbocycles. The molecule has 0 bridgehead atoms. The third kappa shape index (κ3) is 2.51. The number of hydrogen-bond acceptors (Lipinski definition) is 4. The molecule has 3 rings (SSSR count). The molecule has 6 heteroatoms. The van der Waals surface area contributed by atoms with Gasteiger partial charge in [0, 0.05) is 0 Å². The number of Topliss-reactive ketones (excluding diaryl/α,β-unsaturated/α-hetero) is 1. The van der Waals surface area contributed by atoms with E-state index in [0.717, 1.165) is 13.8 Å². The van der Waals surface area contributed by atoms with E-state index in [0.29, 0.717) is 15.8 Å². The van der Waals surface area contributed by atoms with E-state index < -0.39 is 0 Å². The zero-order chi connectivity index (χ0) is 14.3. The topological polar surface area (TPSA) is 59.1 Å². The predicted octanol–water partition coefficient (Wildman–Crippen LogP) is 2.43. The minimum absolute atomic E-state index is 0.104. The molecule has 100 valence electrons. The van der Waals surface area contributed by atoms with Crippen LogP contribution in [0.15, 0.2) is 36.0 Å². The van der Waals surface area contributed by atoms with Crippen LogP contribution in [-0.2, 0) is 0 Å².